The molecule has 0 atom stereocenters. The van der Waals surface area contributed by atoms with Gasteiger partial charge < -0.3 is 4.90 Å². The van der Waals surface area contributed by atoms with Gasteiger partial charge in [0.1, 0.15) is 17.2 Å². The molecule has 36 heavy (non-hydrogen) atoms. The fourth-order valence-electron chi connectivity index (χ4n) is 4.16. The fourth-order valence-corrected chi connectivity index (χ4v) is 5.62. The van der Waals surface area contributed by atoms with Gasteiger partial charge in [0.05, 0.1) is 20.4 Å². The maximum atomic E-state index is 13.2. The summed E-state index contributed by atoms with van der Waals surface area (Å²) < 4.78 is 29.4. The largest absolute Gasteiger partial charge is 0.354 e. The van der Waals surface area contributed by atoms with Crippen molar-refractivity contribution in [1.82, 2.24) is 24.1 Å². The van der Waals surface area contributed by atoms with Crippen molar-refractivity contribution in [1.29, 1.82) is 0 Å². The minimum Gasteiger partial charge on any atom is -0.354 e. The van der Waals surface area contributed by atoms with Crippen molar-refractivity contribution in [3.8, 4) is 5.82 Å². The molecule has 0 radical (unpaired) electrons. The van der Waals surface area contributed by atoms with E-state index in [9.17, 15) is 28.6 Å². The van der Waals surface area contributed by atoms with Crippen LogP contribution in [0, 0.1) is 47.9 Å². The van der Waals surface area contributed by atoms with Gasteiger partial charge in [-0.05, 0) is 33.8 Å². The van der Waals surface area contributed by atoms with Crippen LogP contribution < -0.4 is 4.90 Å². The quantitative estimate of drug-likeness (QED) is 0.349. The van der Waals surface area contributed by atoms with Gasteiger partial charge in [-0.2, -0.15) is 9.40 Å². The Labute approximate surface area is 206 Å². The maximum Gasteiger partial charge on any atom is 0.280 e. The highest BCUT2D eigenvalue weighted by atomic mass is 32.2. The highest BCUT2D eigenvalue weighted by Gasteiger charge is 2.33. The van der Waals surface area contributed by atoms with E-state index in [0.29, 0.717) is 30.5 Å². The molecular formula is C21H24N8O6S. The number of hydrogen-bond donors (Lipinski definition) is 0. The van der Waals surface area contributed by atoms with Crippen LogP contribution in [-0.2, 0) is 10.0 Å². The number of nitro groups is 2. The predicted molar refractivity (Wildman–Crippen MR) is 129 cm³/mol. The summed E-state index contributed by atoms with van der Waals surface area (Å²) in [5, 5.41) is 27.2. The van der Waals surface area contributed by atoms with Crippen molar-refractivity contribution in [2.24, 2.45) is 0 Å². The molecule has 190 valence electrons. The number of aromatic nitrogens is 4. The first-order valence-electron chi connectivity index (χ1n) is 11.0. The van der Waals surface area contributed by atoms with Crippen LogP contribution in [0.3, 0.4) is 0 Å². The number of benzene rings is 1. The molecule has 0 amide bonds. The molecule has 1 aliphatic rings. The van der Waals surface area contributed by atoms with E-state index in [1.54, 1.807) is 17.7 Å². The lowest BCUT2D eigenvalue weighted by Gasteiger charge is -2.34. The third-order valence-corrected chi connectivity index (χ3v) is 7.83. The fraction of sp³-hybridized carbons (Fsp3) is 0.381. The van der Waals surface area contributed by atoms with Gasteiger partial charge in [0.15, 0.2) is 5.82 Å². The highest BCUT2D eigenvalue weighted by Crippen LogP contribution is 2.33. The number of nitrogens with zero attached hydrogens (tertiary/aromatic N) is 8. The first-order chi connectivity index (χ1) is 16.9. The van der Waals surface area contributed by atoms with Gasteiger partial charge in [-0.15, -0.1) is 0 Å². The lowest BCUT2D eigenvalue weighted by atomic mass is 10.1. The Morgan fingerprint density at radius 2 is 1.39 bits per heavy atom. The molecule has 3 heterocycles. The van der Waals surface area contributed by atoms with Gasteiger partial charge in [0, 0.05) is 50.1 Å². The van der Waals surface area contributed by atoms with Gasteiger partial charge in [-0.1, -0.05) is 0 Å². The summed E-state index contributed by atoms with van der Waals surface area (Å²) in [5.74, 6) is 1.74. The molecule has 1 saturated heterocycles. The van der Waals surface area contributed by atoms with Crippen LogP contribution in [-0.4, -0.2) is 68.5 Å². The van der Waals surface area contributed by atoms with E-state index in [2.05, 4.69) is 15.1 Å². The lowest BCUT2D eigenvalue weighted by molar-refractivity contribution is -0.395. The molecule has 0 spiro atoms. The average molecular weight is 517 g/mol. The van der Waals surface area contributed by atoms with E-state index in [0.717, 1.165) is 27.8 Å². The Balaban J connectivity index is 1.59. The van der Waals surface area contributed by atoms with Gasteiger partial charge in [-0.3, -0.25) is 20.2 Å². The van der Waals surface area contributed by atoms with E-state index < -0.39 is 36.1 Å². The molecular weight excluding hydrogens is 492 g/mol. The second kappa shape index (κ2) is 9.23. The molecule has 1 aromatic carbocycles. The van der Waals surface area contributed by atoms with Crippen LogP contribution in [0.15, 0.2) is 29.2 Å². The zero-order valence-corrected chi connectivity index (χ0v) is 20.9. The molecule has 1 fully saturated rings. The van der Waals surface area contributed by atoms with Crippen molar-refractivity contribution in [3.63, 3.8) is 0 Å². The maximum absolute atomic E-state index is 13.2. The van der Waals surface area contributed by atoms with E-state index in [4.69, 9.17) is 0 Å². The van der Waals surface area contributed by atoms with Crippen molar-refractivity contribution < 1.29 is 18.3 Å². The number of nitro benzene ring substituents is 2. The van der Waals surface area contributed by atoms with Gasteiger partial charge >= 0.3 is 0 Å². The molecule has 0 unspecified atom stereocenters. The highest BCUT2D eigenvalue weighted by molar-refractivity contribution is 7.89. The predicted octanol–water partition coefficient (Wildman–Crippen LogP) is 2.22. The number of sulfonamides is 1. The van der Waals surface area contributed by atoms with Crippen LogP contribution >= 0.6 is 0 Å². The monoisotopic (exact) mass is 516 g/mol. The molecule has 15 heteroatoms. The second-order valence-electron chi connectivity index (χ2n) is 8.46. The third-order valence-electron chi connectivity index (χ3n) is 5.96. The first-order valence-corrected chi connectivity index (χ1v) is 12.4. The summed E-state index contributed by atoms with van der Waals surface area (Å²) in [6.45, 7) is 7.50. The minimum absolute atomic E-state index is 0.0656. The Morgan fingerprint density at radius 3 is 1.89 bits per heavy atom. The Hall–Kier alpha value is -3.98. The Kier molecular flexibility index (Phi) is 6.44. The zero-order chi connectivity index (χ0) is 26.4. The Bertz CT molecular complexity index is 1440. The number of piperazine rings is 1. The van der Waals surface area contributed by atoms with Gasteiger partial charge in [0.2, 0.25) is 10.0 Å². The zero-order valence-electron chi connectivity index (χ0n) is 20.1. The second-order valence-corrected chi connectivity index (χ2v) is 10.4. The number of anilines is 1. The van der Waals surface area contributed by atoms with Crippen LogP contribution in [0.25, 0.3) is 5.82 Å². The smallest absolute Gasteiger partial charge is 0.280 e. The standard InChI is InChI=1S/C21H24N8O6S/c1-13-9-14(2)27(24-13)21-12-20(22-16(4)23-21)25-5-7-26(8-6-25)36(34,35)17-10-18(28(30)31)15(3)19(11-17)29(32)33/h9-12H,5-8H2,1-4H3. The van der Waals surface area contributed by atoms with E-state index >= 15 is 0 Å². The van der Waals surface area contributed by atoms with Crippen molar-refractivity contribution >= 4 is 27.2 Å². The van der Waals surface area contributed by atoms with Crippen molar-refractivity contribution in [3.05, 3.63) is 67.3 Å². The van der Waals surface area contributed by atoms with Crippen LogP contribution in [0.2, 0.25) is 0 Å². The molecule has 14 nitrogen and oxygen atoms in total. The molecule has 3 aromatic rings. The van der Waals surface area contributed by atoms with Crippen molar-refractivity contribution in [2.45, 2.75) is 32.6 Å². The van der Waals surface area contributed by atoms with E-state index in [1.807, 2.05) is 24.8 Å². The molecule has 0 bridgehead atoms. The number of hydrogen-bond acceptors (Lipinski definition) is 10. The number of aryl methyl sites for hydroxylation is 3. The first kappa shape index (κ1) is 25.1. The van der Waals surface area contributed by atoms with Gasteiger partial charge in [0.25, 0.3) is 11.4 Å². The molecule has 1 aliphatic heterocycles. The summed E-state index contributed by atoms with van der Waals surface area (Å²) in [7, 11) is -4.21. The third kappa shape index (κ3) is 4.61. The minimum atomic E-state index is -4.21. The Morgan fingerprint density at radius 1 is 0.833 bits per heavy atom. The molecule has 2 aromatic heterocycles. The van der Waals surface area contributed by atoms with Crippen molar-refractivity contribution in [2.75, 3.05) is 31.1 Å². The summed E-state index contributed by atoms with van der Waals surface area (Å²) in [6, 6.07) is 5.46. The van der Waals surface area contributed by atoms with E-state index in [1.165, 1.54) is 6.92 Å². The van der Waals surface area contributed by atoms with E-state index in [-0.39, 0.29) is 18.7 Å². The average Bonchev–Trinajstić information content (AvgIpc) is 3.16. The molecule has 0 N–H and O–H groups in total. The summed E-state index contributed by atoms with van der Waals surface area (Å²) >= 11 is 0. The summed E-state index contributed by atoms with van der Waals surface area (Å²) in [4.78, 5) is 31.5. The summed E-state index contributed by atoms with van der Waals surface area (Å²) in [6.07, 6.45) is 0. The molecule has 4 rings (SSSR count). The topological polar surface area (TPSA) is 170 Å². The van der Waals surface area contributed by atoms with Gasteiger partial charge in [-0.25, -0.2) is 23.1 Å². The van der Waals surface area contributed by atoms with Crippen LogP contribution in [0.5, 0.6) is 0 Å². The SMILES string of the molecule is Cc1cc(C)n(-c2cc(N3CCN(S(=O)(=O)c4cc([N+](=O)[O-])c(C)c([N+](=O)[O-])c4)CC3)nc(C)n2)n1. The lowest BCUT2D eigenvalue weighted by Crippen LogP contribution is -2.49. The van der Waals surface area contributed by atoms with Crippen LogP contribution in [0.1, 0.15) is 22.8 Å². The number of rotatable bonds is 6. The van der Waals surface area contributed by atoms with Crippen LogP contribution in [0.4, 0.5) is 17.2 Å². The summed E-state index contributed by atoms with van der Waals surface area (Å²) in [5.41, 5.74) is 0.324. The molecule has 0 aliphatic carbocycles. The molecule has 0 saturated carbocycles. The normalized spacial score (nSPS) is 14.7.